The van der Waals surface area contributed by atoms with Crippen molar-refractivity contribution in [2.45, 2.75) is 141 Å². The summed E-state index contributed by atoms with van der Waals surface area (Å²) in [6.07, 6.45) is 22.4. The van der Waals surface area contributed by atoms with E-state index in [1.807, 2.05) is 0 Å². The third-order valence-electron chi connectivity index (χ3n) is 6.29. The number of hydrogen-bond donors (Lipinski definition) is 4. The molecule has 4 N–H and O–H groups in total. The number of carbonyl (C=O) groups excluding carboxylic acids is 1. The van der Waals surface area contributed by atoms with Gasteiger partial charge in [0.1, 0.15) is 6.04 Å². The Kier molecular flexibility index (Phi) is 24.0. The second kappa shape index (κ2) is 24.9. The van der Waals surface area contributed by atoms with Gasteiger partial charge in [0.2, 0.25) is 5.91 Å². The van der Waals surface area contributed by atoms with Crippen molar-refractivity contribution >= 4 is 27.2 Å². The number of rotatable bonds is 26. The van der Waals surface area contributed by atoms with Crippen LogP contribution in [0, 0.1) is 0 Å². The number of carboxylic acid groups (broad SMARTS) is 2. The number of carboxylic acids is 2. The fourth-order valence-electron chi connectivity index (χ4n) is 4.10. The zero-order chi connectivity index (χ0) is 25.3. The first-order chi connectivity index (χ1) is 16.5. The highest BCUT2D eigenvalue weighted by Crippen LogP contribution is 2.14. The third-order valence-corrected chi connectivity index (χ3v) is 6.69. The quantitative estimate of drug-likeness (QED) is 0.0825. The van der Waals surface area contributed by atoms with E-state index in [1.54, 1.807) is 0 Å². The summed E-state index contributed by atoms with van der Waals surface area (Å²) in [4.78, 5) is 33.2. The fraction of sp³-hybridized carbons (Fsp3) is 0.885. The molecule has 0 aromatic rings. The topological polar surface area (TPSA) is 116 Å². The lowest BCUT2D eigenvalue weighted by molar-refractivity contribution is -0.139. The summed E-state index contributed by atoms with van der Waals surface area (Å²) in [6.45, 7) is 0.622. The smallest absolute Gasteiger partial charge is 0.320 e. The molecule has 0 heterocycles. The number of hydrogen-bond acceptors (Lipinski definition) is 4. The molecule has 2 unspecified atom stereocenters. The first-order valence-corrected chi connectivity index (χ1v) is 14.2. The highest BCUT2D eigenvalue weighted by molar-refractivity contribution is 7.13. The lowest BCUT2D eigenvalue weighted by atomic mass is 10.0. The molecule has 0 aliphatic rings. The Morgan fingerprint density at radius 1 is 0.588 bits per heavy atom. The highest BCUT2D eigenvalue weighted by Gasteiger charge is 2.13. The molecular weight excluding hydrogens is 451 g/mol. The van der Waals surface area contributed by atoms with Gasteiger partial charge in [-0.1, -0.05) is 99.3 Å². The van der Waals surface area contributed by atoms with E-state index >= 15 is 0 Å². The van der Waals surface area contributed by atoms with E-state index in [4.69, 9.17) is 10.2 Å². The highest BCUT2D eigenvalue weighted by atomic mass is 31.0. The normalized spacial score (nSPS) is 11.9. The number of nitrogens with one attached hydrogen (secondary N) is 2. The van der Waals surface area contributed by atoms with E-state index in [0.29, 0.717) is 25.8 Å². The van der Waals surface area contributed by atoms with Gasteiger partial charge in [-0.3, -0.25) is 19.5 Å². The van der Waals surface area contributed by atoms with E-state index in [9.17, 15) is 14.4 Å². The van der Waals surface area contributed by atoms with Crippen LogP contribution >= 0.6 is 9.39 Å². The summed E-state index contributed by atoms with van der Waals surface area (Å²) in [6, 6.07) is -0.536. The Morgan fingerprint density at radius 3 is 1.38 bits per heavy atom. The van der Waals surface area contributed by atoms with E-state index in [0.717, 1.165) is 38.5 Å². The van der Waals surface area contributed by atoms with Gasteiger partial charge < -0.3 is 15.5 Å². The molecule has 1 amide bonds. The minimum atomic E-state index is -0.843. The van der Waals surface area contributed by atoms with Gasteiger partial charge in [-0.2, -0.15) is 0 Å². The minimum Gasteiger partial charge on any atom is -0.481 e. The lowest BCUT2D eigenvalue weighted by Crippen LogP contribution is -2.30. The zero-order valence-electron chi connectivity index (χ0n) is 21.3. The maximum absolute atomic E-state index is 11.8. The Hall–Kier alpha value is -1.20. The molecule has 0 bridgehead atoms. The molecular formula is C26H51N2O5P. The first-order valence-electron chi connectivity index (χ1n) is 13.6. The van der Waals surface area contributed by atoms with Crippen molar-refractivity contribution < 1.29 is 24.6 Å². The number of amides is 1. The summed E-state index contributed by atoms with van der Waals surface area (Å²) in [5, 5.41) is 23.2. The van der Waals surface area contributed by atoms with Gasteiger partial charge >= 0.3 is 11.9 Å². The van der Waals surface area contributed by atoms with Gasteiger partial charge in [0, 0.05) is 19.4 Å². The van der Waals surface area contributed by atoms with Crippen LogP contribution in [-0.4, -0.2) is 40.6 Å². The monoisotopic (exact) mass is 502 g/mol. The Labute approximate surface area is 209 Å². The van der Waals surface area contributed by atoms with Crippen LogP contribution in [0.25, 0.3) is 0 Å². The van der Waals surface area contributed by atoms with Gasteiger partial charge in [-0.05, 0) is 32.1 Å². The van der Waals surface area contributed by atoms with Gasteiger partial charge in [0.05, 0.1) is 0 Å². The molecule has 0 rings (SSSR count). The average molecular weight is 503 g/mol. The molecule has 0 saturated carbocycles. The molecule has 0 fully saturated rings. The van der Waals surface area contributed by atoms with Gasteiger partial charge in [-0.25, -0.2) is 0 Å². The maximum Gasteiger partial charge on any atom is 0.320 e. The van der Waals surface area contributed by atoms with E-state index < -0.39 is 18.0 Å². The zero-order valence-corrected chi connectivity index (χ0v) is 22.5. The molecule has 0 aromatic carbocycles. The van der Waals surface area contributed by atoms with Crippen LogP contribution in [0.3, 0.4) is 0 Å². The molecule has 0 spiro atoms. The van der Waals surface area contributed by atoms with E-state index in [-0.39, 0.29) is 5.91 Å². The van der Waals surface area contributed by atoms with Gasteiger partial charge in [0.25, 0.3) is 0 Å². The van der Waals surface area contributed by atoms with Crippen molar-refractivity contribution in [1.29, 1.82) is 0 Å². The maximum atomic E-state index is 11.8. The lowest BCUT2D eigenvalue weighted by Gasteiger charge is -2.10. The van der Waals surface area contributed by atoms with Crippen molar-refractivity contribution in [1.82, 2.24) is 10.4 Å². The largest absolute Gasteiger partial charge is 0.481 e. The molecule has 2 atom stereocenters. The Morgan fingerprint density at radius 2 is 1.00 bits per heavy atom. The summed E-state index contributed by atoms with van der Waals surface area (Å²) in [5.41, 5.74) is 0. The van der Waals surface area contributed by atoms with Crippen molar-refractivity contribution in [2.75, 3.05) is 6.54 Å². The fourth-order valence-corrected chi connectivity index (χ4v) is 4.41. The standard InChI is InChI=1S/C26H51N2O5P/c29-24(27-22-18-17-19-23(28-34)26(32)33)20-15-13-11-9-7-5-3-1-2-4-6-8-10-12-14-16-21-25(30)31/h23,28H,1-22,34H2,(H,27,29)(H,30,31)(H,32,33). The summed E-state index contributed by atoms with van der Waals surface area (Å²) in [5.74, 6) is -1.41. The summed E-state index contributed by atoms with van der Waals surface area (Å²) >= 11 is 0. The average Bonchev–Trinajstić information content (AvgIpc) is 2.80. The molecule has 0 saturated heterocycles. The molecule has 0 aliphatic carbocycles. The van der Waals surface area contributed by atoms with Crippen molar-refractivity contribution in [2.24, 2.45) is 0 Å². The third kappa shape index (κ3) is 23.9. The predicted molar refractivity (Wildman–Crippen MR) is 142 cm³/mol. The van der Waals surface area contributed by atoms with Gasteiger partial charge in [-0.15, -0.1) is 0 Å². The minimum absolute atomic E-state index is 0.108. The van der Waals surface area contributed by atoms with Crippen LogP contribution in [0.5, 0.6) is 0 Å². The van der Waals surface area contributed by atoms with E-state index in [2.05, 4.69) is 19.8 Å². The SMILES string of the molecule is O=C(O)CCCCCCCCCCCCCCCCCCC(=O)NCCCCC(NP)C(=O)O. The Bertz CT molecular complexity index is 519. The van der Waals surface area contributed by atoms with Crippen LogP contribution < -0.4 is 10.4 Å². The number of aliphatic carboxylic acids is 2. The first kappa shape index (κ1) is 32.8. The predicted octanol–water partition coefficient (Wildman–Crippen LogP) is 6.21. The molecule has 200 valence electrons. The summed E-state index contributed by atoms with van der Waals surface area (Å²) < 4.78 is 0. The molecule has 8 heteroatoms. The number of unbranched alkanes of at least 4 members (excludes halogenated alkanes) is 16. The molecule has 0 radical (unpaired) electrons. The van der Waals surface area contributed by atoms with Crippen molar-refractivity contribution in [3.05, 3.63) is 0 Å². The van der Waals surface area contributed by atoms with Crippen LogP contribution in [0.4, 0.5) is 0 Å². The van der Waals surface area contributed by atoms with Crippen LogP contribution in [-0.2, 0) is 14.4 Å². The molecule has 0 aromatic heterocycles. The van der Waals surface area contributed by atoms with E-state index in [1.165, 1.54) is 77.0 Å². The number of carbonyl (C=O) groups is 3. The van der Waals surface area contributed by atoms with Crippen LogP contribution in [0.1, 0.15) is 135 Å². The molecule has 7 nitrogen and oxygen atoms in total. The van der Waals surface area contributed by atoms with Crippen molar-refractivity contribution in [3.8, 4) is 0 Å². The Balaban J connectivity index is 3.24. The summed E-state index contributed by atoms with van der Waals surface area (Å²) in [7, 11) is 2.24. The second-order valence-corrected chi connectivity index (χ2v) is 9.79. The van der Waals surface area contributed by atoms with Crippen LogP contribution in [0.2, 0.25) is 0 Å². The second-order valence-electron chi connectivity index (χ2n) is 9.45. The molecule has 34 heavy (non-hydrogen) atoms. The molecule has 0 aliphatic heterocycles. The van der Waals surface area contributed by atoms with Gasteiger partial charge in [0.15, 0.2) is 0 Å². The van der Waals surface area contributed by atoms with Crippen molar-refractivity contribution in [3.63, 3.8) is 0 Å². The van der Waals surface area contributed by atoms with Crippen LogP contribution in [0.15, 0.2) is 0 Å².